The number of benzene rings is 2. The summed E-state index contributed by atoms with van der Waals surface area (Å²) in [5, 5.41) is 10.1. The molecule has 0 atom stereocenters. The average Bonchev–Trinajstić information content (AvgIpc) is 2.39. The molecular weight excluding hydrogens is 210 g/mol. The molecular formula is C14H15N3. The number of para-hydroxylation sites is 1. The molecule has 3 heteroatoms. The SMILES string of the molecule is Cc1ccc(N=NN(C)c2ccccc2)cc1. The third-order valence-corrected chi connectivity index (χ3v) is 2.46. The molecule has 0 saturated carbocycles. The van der Waals surface area contributed by atoms with Crippen LogP contribution in [-0.2, 0) is 0 Å². The van der Waals surface area contributed by atoms with Gasteiger partial charge in [-0.2, -0.15) is 0 Å². The van der Waals surface area contributed by atoms with Crippen molar-refractivity contribution in [1.29, 1.82) is 0 Å². The molecule has 0 radical (unpaired) electrons. The first-order valence-electron chi connectivity index (χ1n) is 5.53. The van der Waals surface area contributed by atoms with E-state index in [0.717, 1.165) is 11.4 Å². The van der Waals surface area contributed by atoms with E-state index in [0.29, 0.717) is 0 Å². The van der Waals surface area contributed by atoms with Crippen molar-refractivity contribution in [3.8, 4) is 0 Å². The Morgan fingerprint density at radius 3 is 2.18 bits per heavy atom. The van der Waals surface area contributed by atoms with Gasteiger partial charge in [-0.25, -0.2) is 5.01 Å². The molecule has 0 unspecified atom stereocenters. The second-order valence-electron chi connectivity index (χ2n) is 3.88. The maximum Gasteiger partial charge on any atom is 0.0874 e. The Morgan fingerprint density at radius 1 is 0.882 bits per heavy atom. The second kappa shape index (κ2) is 5.25. The molecule has 86 valence electrons. The lowest BCUT2D eigenvalue weighted by Crippen LogP contribution is -2.06. The summed E-state index contributed by atoms with van der Waals surface area (Å²) in [5.41, 5.74) is 3.10. The molecule has 2 aromatic rings. The first-order chi connectivity index (χ1) is 8.25. The van der Waals surface area contributed by atoms with Crippen LogP contribution in [0.1, 0.15) is 5.56 Å². The molecule has 0 heterocycles. The smallest absolute Gasteiger partial charge is 0.0874 e. The predicted octanol–water partition coefficient (Wildman–Crippen LogP) is 4.13. The van der Waals surface area contributed by atoms with Gasteiger partial charge in [-0.3, -0.25) is 0 Å². The van der Waals surface area contributed by atoms with E-state index in [4.69, 9.17) is 0 Å². The van der Waals surface area contributed by atoms with E-state index in [1.165, 1.54) is 5.56 Å². The van der Waals surface area contributed by atoms with Crippen LogP contribution in [0.3, 0.4) is 0 Å². The van der Waals surface area contributed by atoms with Crippen molar-refractivity contribution in [2.75, 3.05) is 12.1 Å². The van der Waals surface area contributed by atoms with Crippen molar-refractivity contribution in [3.05, 3.63) is 60.2 Å². The minimum atomic E-state index is 0.860. The molecule has 0 bridgehead atoms. The molecule has 0 saturated heterocycles. The van der Waals surface area contributed by atoms with Crippen LogP contribution in [0.25, 0.3) is 0 Å². The van der Waals surface area contributed by atoms with E-state index >= 15 is 0 Å². The van der Waals surface area contributed by atoms with Crippen LogP contribution in [0.4, 0.5) is 11.4 Å². The highest BCUT2D eigenvalue weighted by Crippen LogP contribution is 2.16. The Labute approximate surface area is 101 Å². The van der Waals surface area contributed by atoms with Gasteiger partial charge < -0.3 is 0 Å². The quantitative estimate of drug-likeness (QED) is 0.570. The van der Waals surface area contributed by atoms with E-state index in [9.17, 15) is 0 Å². The van der Waals surface area contributed by atoms with Crippen LogP contribution < -0.4 is 5.01 Å². The zero-order chi connectivity index (χ0) is 12.1. The third kappa shape index (κ3) is 3.14. The maximum atomic E-state index is 4.17. The van der Waals surface area contributed by atoms with Gasteiger partial charge in [0.1, 0.15) is 0 Å². The Balaban J connectivity index is 2.08. The highest BCUT2D eigenvalue weighted by atomic mass is 15.5. The molecule has 0 amide bonds. The summed E-state index contributed by atoms with van der Waals surface area (Å²) in [6.07, 6.45) is 0. The number of nitrogens with zero attached hydrogens (tertiary/aromatic N) is 3. The Morgan fingerprint density at radius 2 is 1.53 bits per heavy atom. The highest BCUT2D eigenvalue weighted by Gasteiger charge is 1.96. The lowest BCUT2D eigenvalue weighted by molar-refractivity contribution is 0.924. The summed E-state index contributed by atoms with van der Waals surface area (Å²) >= 11 is 0. The highest BCUT2D eigenvalue weighted by molar-refractivity contribution is 5.44. The van der Waals surface area contributed by atoms with E-state index < -0.39 is 0 Å². The van der Waals surface area contributed by atoms with Gasteiger partial charge in [0.15, 0.2) is 0 Å². The van der Waals surface area contributed by atoms with Crippen LogP contribution in [0.15, 0.2) is 64.9 Å². The van der Waals surface area contributed by atoms with Crippen molar-refractivity contribution >= 4 is 11.4 Å². The van der Waals surface area contributed by atoms with Gasteiger partial charge in [-0.1, -0.05) is 41.1 Å². The van der Waals surface area contributed by atoms with Crippen molar-refractivity contribution in [2.24, 2.45) is 10.3 Å². The van der Waals surface area contributed by atoms with Gasteiger partial charge in [0, 0.05) is 7.05 Å². The van der Waals surface area contributed by atoms with Crippen molar-refractivity contribution < 1.29 is 0 Å². The summed E-state index contributed by atoms with van der Waals surface area (Å²) in [6.45, 7) is 2.05. The van der Waals surface area contributed by atoms with E-state index in [1.54, 1.807) is 5.01 Å². The van der Waals surface area contributed by atoms with Gasteiger partial charge in [0.25, 0.3) is 0 Å². The first-order valence-corrected chi connectivity index (χ1v) is 5.53. The minimum absolute atomic E-state index is 0.860. The molecule has 2 aromatic carbocycles. The van der Waals surface area contributed by atoms with Gasteiger partial charge in [-0.15, -0.1) is 5.11 Å². The lowest BCUT2D eigenvalue weighted by Gasteiger charge is -2.10. The van der Waals surface area contributed by atoms with Gasteiger partial charge in [0.05, 0.1) is 11.4 Å². The molecule has 0 fully saturated rings. The van der Waals surface area contributed by atoms with Crippen LogP contribution in [-0.4, -0.2) is 7.05 Å². The predicted molar refractivity (Wildman–Crippen MR) is 70.5 cm³/mol. The Kier molecular flexibility index (Phi) is 3.50. The largest absolute Gasteiger partial charge is 0.250 e. The third-order valence-electron chi connectivity index (χ3n) is 2.46. The molecule has 0 N–H and O–H groups in total. The lowest BCUT2D eigenvalue weighted by atomic mass is 10.2. The summed E-state index contributed by atoms with van der Waals surface area (Å²) in [5.74, 6) is 0. The zero-order valence-corrected chi connectivity index (χ0v) is 10.0. The molecule has 0 aliphatic heterocycles. The summed E-state index contributed by atoms with van der Waals surface area (Å²) in [7, 11) is 1.88. The van der Waals surface area contributed by atoms with Gasteiger partial charge in [0.2, 0.25) is 0 Å². The number of rotatable bonds is 3. The summed E-state index contributed by atoms with van der Waals surface area (Å²) in [6, 6.07) is 17.9. The first kappa shape index (κ1) is 11.3. The molecule has 0 aliphatic carbocycles. The van der Waals surface area contributed by atoms with Crippen LogP contribution in [0.5, 0.6) is 0 Å². The number of hydrogen-bond donors (Lipinski definition) is 0. The van der Waals surface area contributed by atoms with E-state index in [1.807, 2.05) is 61.6 Å². The van der Waals surface area contributed by atoms with Crippen LogP contribution in [0, 0.1) is 6.92 Å². The summed E-state index contributed by atoms with van der Waals surface area (Å²) in [4.78, 5) is 0. The number of anilines is 1. The van der Waals surface area contributed by atoms with Crippen LogP contribution in [0.2, 0.25) is 0 Å². The molecule has 3 nitrogen and oxygen atoms in total. The van der Waals surface area contributed by atoms with Crippen LogP contribution >= 0.6 is 0 Å². The fraction of sp³-hybridized carbons (Fsp3) is 0.143. The zero-order valence-electron chi connectivity index (χ0n) is 10.0. The topological polar surface area (TPSA) is 28.0 Å². The fourth-order valence-corrected chi connectivity index (χ4v) is 1.43. The van der Waals surface area contributed by atoms with Crippen molar-refractivity contribution in [3.63, 3.8) is 0 Å². The van der Waals surface area contributed by atoms with Gasteiger partial charge in [-0.05, 0) is 31.2 Å². The van der Waals surface area contributed by atoms with E-state index in [-0.39, 0.29) is 0 Å². The maximum absolute atomic E-state index is 4.17. The molecule has 0 aromatic heterocycles. The number of hydrogen-bond acceptors (Lipinski definition) is 2. The molecule has 0 spiro atoms. The minimum Gasteiger partial charge on any atom is -0.250 e. The van der Waals surface area contributed by atoms with Crippen molar-refractivity contribution in [1.82, 2.24) is 0 Å². The Hall–Kier alpha value is -2.16. The monoisotopic (exact) mass is 225 g/mol. The Bertz CT molecular complexity index is 489. The fourth-order valence-electron chi connectivity index (χ4n) is 1.43. The van der Waals surface area contributed by atoms with Crippen molar-refractivity contribution in [2.45, 2.75) is 6.92 Å². The molecule has 2 rings (SSSR count). The normalized spacial score (nSPS) is 10.7. The number of aryl methyl sites for hydroxylation is 1. The molecule has 17 heavy (non-hydrogen) atoms. The van der Waals surface area contributed by atoms with E-state index in [2.05, 4.69) is 17.3 Å². The van der Waals surface area contributed by atoms with Gasteiger partial charge >= 0.3 is 0 Å². The summed E-state index contributed by atoms with van der Waals surface area (Å²) < 4.78 is 0. The average molecular weight is 225 g/mol. The molecule has 0 aliphatic rings. The standard InChI is InChI=1S/C14H15N3/c1-12-8-10-13(11-9-12)15-16-17(2)14-6-4-3-5-7-14/h3-11H,1-2H3. The second-order valence-corrected chi connectivity index (χ2v) is 3.88.